The third kappa shape index (κ3) is 2.01. The zero-order valence-corrected chi connectivity index (χ0v) is 17.3. The van der Waals surface area contributed by atoms with Gasteiger partial charge in [0.2, 0.25) is 5.91 Å². The molecule has 29 heavy (non-hydrogen) atoms. The number of fused-ring (bicyclic) bond motifs is 3. The van der Waals surface area contributed by atoms with E-state index in [1.54, 1.807) is 14.2 Å². The van der Waals surface area contributed by atoms with Gasteiger partial charge in [0.05, 0.1) is 45.1 Å². The third-order valence-electron chi connectivity index (χ3n) is 8.16. The summed E-state index contributed by atoms with van der Waals surface area (Å²) in [7, 11) is 3.35. The summed E-state index contributed by atoms with van der Waals surface area (Å²) in [6.07, 6.45) is 4.87. The molecule has 1 aromatic rings. The molecule has 5 aliphatic heterocycles. The minimum Gasteiger partial charge on any atom is -0.493 e. The van der Waals surface area contributed by atoms with Crippen LogP contribution in [0.4, 0.5) is 5.69 Å². The van der Waals surface area contributed by atoms with E-state index in [2.05, 4.69) is 28.9 Å². The predicted octanol–water partition coefficient (Wildman–Crippen LogP) is 2.50. The first-order valence-electron chi connectivity index (χ1n) is 10.8. The van der Waals surface area contributed by atoms with Crippen molar-refractivity contribution in [3.05, 3.63) is 29.3 Å². The number of hydrogen-bond acceptors (Lipinski definition) is 5. The Kier molecular flexibility index (Phi) is 3.67. The number of piperidine rings is 1. The van der Waals surface area contributed by atoms with Crippen LogP contribution in [0.2, 0.25) is 0 Å². The molecule has 6 nitrogen and oxygen atoms in total. The molecule has 5 unspecified atom stereocenters. The van der Waals surface area contributed by atoms with Crippen LogP contribution in [0.25, 0.3) is 0 Å². The predicted molar refractivity (Wildman–Crippen MR) is 109 cm³/mol. The van der Waals surface area contributed by atoms with Gasteiger partial charge in [-0.05, 0) is 31.0 Å². The van der Waals surface area contributed by atoms with Crippen LogP contribution in [-0.2, 0) is 14.9 Å². The lowest BCUT2D eigenvalue weighted by Crippen LogP contribution is -2.62. The van der Waals surface area contributed by atoms with Crippen molar-refractivity contribution in [3.63, 3.8) is 0 Å². The van der Waals surface area contributed by atoms with E-state index in [1.807, 2.05) is 6.07 Å². The summed E-state index contributed by atoms with van der Waals surface area (Å²) in [5.41, 5.74) is 3.66. The van der Waals surface area contributed by atoms with Gasteiger partial charge in [0.15, 0.2) is 11.5 Å². The maximum Gasteiger partial charge on any atom is 0.229 e. The number of ether oxygens (including phenoxy) is 3. The second-order valence-corrected chi connectivity index (χ2v) is 9.00. The molecule has 0 radical (unpaired) electrons. The molecule has 6 atom stereocenters. The summed E-state index contributed by atoms with van der Waals surface area (Å²) >= 11 is 0. The standard InChI is InChI=1S/C23H28N2O4/c1-4-19-23-6-7-24(19)12-13-5-8-29-18-11-20(26)25(22(23)21(13)18)15-10-17(28-3)16(27-2)9-14(15)23/h5,9-10,18-19,21-22H,4,6-8,11-12H2,1-3H3/t18?,19?,21?,22?,23-/m1/s1. The molecule has 0 aromatic heterocycles. The minimum atomic E-state index is -0.0844. The highest BCUT2D eigenvalue weighted by Crippen LogP contribution is 2.62. The summed E-state index contributed by atoms with van der Waals surface area (Å²) in [5, 5.41) is 0. The zero-order valence-electron chi connectivity index (χ0n) is 17.3. The second-order valence-electron chi connectivity index (χ2n) is 9.00. The molecule has 3 saturated heterocycles. The Hall–Kier alpha value is -2.05. The molecule has 6 rings (SSSR count). The highest BCUT2D eigenvalue weighted by Gasteiger charge is 2.67. The molecule has 5 aliphatic rings. The molecule has 154 valence electrons. The summed E-state index contributed by atoms with van der Waals surface area (Å²) in [5.74, 6) is 1.88. The Morgan fingerprint density at radius 2 is 2.03 bits per heavy atom. The van der Waals surface area contributed by atoms with E-state index in [4.69, 9.17) is 14.2 Å². The molecule has 1 amide bonds. The van der Waals surface area contributed by atoms with Crippen LogP contribution in [0.1, 0.15) is 31.7 Å². The van der Waals surface area contributed by atoms with Crippen molar-refractivity contribution < 1.29 is 19.0 Å². The third-order valence-corrected chi connectivity index (χ3v) is 8.16. The number of benzene rings is 1. The van der Waals surface area contributed by atoms with Crippen molar-refractivity contribution >= 4 is 11.6 Å². The topological polar surface area (TPSA) is 51.2 Å². The van der Waals surface area contributed by atoms with Crippen molar-refractivity contribution in [1.29, 1.82) is 0 Å². The van der Waals surface area contributed by atoms with Gasteiger partial charge in [-0.1, -0.05) is 18.6 Å². The molecular formula is C23H28N2O4. The van der Waals surface area contributed by atoms with Crippen molar-refractivity contribution in [1.82, 2.24) is 4.90 Å². The van der Waals surface area contributed by atoms with E-state index in [1.165, 1.54) is 11.1 Å². The molecular weight excluding hydrogens is 368 g/mol. The lowest BCUT2D eigenvalue weighted by molar-refractivity contribution is -0.127. The van der Waals surface area contributed by atoms with E-state index in [0.717, 1.165) is 37.4 Å². The number of methoxy groups -OCH3 is 2. The first-order valence-corrected chi connectivity index (χ1v) is 10.8. The van der Waals surface area contributed by atoms with Crippen molar-refractivity contribution in [2.45, 2.75) is 49.8 Å². The van der Waals surface area contributed by atoms with Gasteiger partial charge in [0.25, 0.3) is 0 Å². The van der Waals surface area contributed by atoms with E-state index < -0.39 is 0 Å². The van der Waals surface area contributed by atoms with Gasteiger partial charge in [0.1, 0.15) is 0 Å². The van der Waals surface area contributed by atoms with Gasteiger partial charge in [0, 0.05) is 30.0 Å². The number of anilines is 1. The Bertz CT molecular complexity index is 928. The average molecular weight is 396 g/mol. The van der Waals surface area contributed by atoms with E-state index in [9.17, 15) is 4.79 Å². The van der Waals surface area contributed by atoms with Gasteiger partial charge >= 0.3 is 0 Å². The fourth-order valence-electron chi connectivity index (χ4n) is 7.22. The Morgan fingerprint density at radius 3 is 2.79 bits per heavy atom. The van der Waals surface area contributed by atoms with Gasteiger partial charge in [-0.2, -0.15) is 0 Å². The van der Waals surface area contributed by atoms with Crippen LogP contribution >= 0.6 is 0 Å². The summed E-state index contributed by atoms with van der Waals surface area (Å²) in [6.45, 7) is 4.99. The van der Waals surface area contributed by atoms with E-state index in [-0.39, 0.29) is 29.4 Å². The van der Waals surface area contributed by atoms with Gasteiger partial charge in [-0.15, -0.1) is 0 Å². The highest BCUT2D eigenvalue weighted by molar-refractivity contribution is 6.00. The van der Waals surface area contributed by atoms with Crippen LogP contribution in [0.3, 0.4) is 0 Å². The zero-order chi connectivity index (χ0) is 19.9. The Morgan fingerprint density at radius 1 is 1.24 bits per heavy atom. The number of carbonyl (C=O) groups excluding carboxylic acids is 1. The maximum absolute atomic E-state index is 13.4. The molecule has 2 bridgehead atoms. The van der Waals surface area contributed by atoms with Gasteiger partial charge in [-0.25, -0.2) is 0 Å². The first kappa shape index (κ1) is 17.8. The lowest BCUT2D eigenvalue weighted by Gasteiger charge is -2.49. The number of hydrogen-bond donors (Lipinski definition) is 0. The van der Waals surface area contributed by atoms with Crippen LogP contribution in [0.15, 0.2) is 23.8 Å². The number of amides is 1. The molecule has 0 aliphatic carbocycles. The van der Waals surface area contributed by atoms with Crippen LogP contribution in [0, 0.1) is 5.92 Å². The molecule has 1 spiro atoms. The largest absolute Gasteiger partial charge is 0.493 e. The second kappa shape index (κ2) is 5.99. The van der Waals surface area contributed by atoms with E-state index in [0.29, 0.717) is 24.8 Å². The quantitative estimate of drug-likeness (QED) is 0.735. The molecule has 1 aromatic carbocycles. The number of carbonyl (C=O) groups is 1. The van der Waals surface area contributed by atoms with Crippen LogP contribution < -0.4 is 14.4 Å². The van der Waals surface area contributed by atoms with Gasteiger partial charge in [-0.3, -0.25) is 9.69 Å². The van der Waals surface area contributed by atoms with Crippen LogP contribution in [0.5, 0.6) is 11.5 Å². The summed E-state index contributed by atoms with van der Waals surface area (Å²) < 4.78 is 17.4. The molecule has 6 heteroatoms. The smallest absolute Gasteiger partial charge is 0.229 e. The summed E-state index contributed by atoms with van der Waals surface area (Å²) in [6, 6.07) is 4.70. The van der Waals surface area contributed by atoms with E-state index >= 15 is 0 Å². The molecule has 3 fully saturated rings. The monoisotopic (exact) mass is 396 g/mol. The Labute approximate surface area is 171 Å². The molecule has 5 heterocycles. The van der Waals surface area contributed by atoms with Crippen molar-refractivity contribution in [2.24, 2.45) is 5.92 Å². The summed E-state index contributed by atoms with van der Waals surface area (Å²) in [4.78, 5) is 18.2. The highest BCUT2D eigenvalue weighted by atomic mass is 16.5. The van der Waals surface area contributed by atoms with Gasteiger partial charge < -0.3 is 19.1 Å². The fourth-order valence-corrected chi connectivity index (χ4v) is 7.22. The molecule has 0 N–H and O–H groups in total. The van der Waals surface area contributed by atoms with Crippen molar-refractivity contribution in [2.75, 3.05) is 38.8 Å². The lowest BCUT2D eigenvalue weighted by atomic mass is 9.63. The average Bonchev–Trinajstić information content (AvgIpc) is 3.18. The number of nitrogens with zero attached hydrogens (tertiary/aromatic N) is 2. The van der Waals surface area contributed by atoms with Crippen molar-refractivity contribution in [3.8, 4) is 11.5 Å². The fraction of sp³-hybridized carbons (Fsp3) is 0.609. The SMILES string of the molecule is CCC1N2CC[C@@]13c1cc(OC)c(OC)cc1N1C(=O)CC4OCC=C(C2)C4C13. The van der Waals surface area contributed by atoms with Crippen LogP contribution in [-0.4, -0.2) is 62.9 Å². The minimum absolute atomic E-state index is 0.00298. The normalized spacial score (nSPS) is 38.9. The molecule has 0 saturated carbocycles. The maximum atomic E-state index is 13.4. The Balaban J connectivity index is 1.66. The number of rotatable bonds is 3. The first-order chi connectivity index (χ1) is 14.1.